The molecule has 0 fully saturated rings. The minimum Gasteiger partial charge on any atom is -0.200 e. The summed E-state index contributed by atoms with van der Waals surface area (Å²) in [7, 11) is -2.33. The van der Waals surface area contributed by atoms with E-state index in [1.165, 1.54) is 19.2 Å². The number of hydrogen-bond acceptors (Lipinski definition) is 3. The second-order valence-electron chi connectivity index (χ2n) is 4.51. The first-order valence-corrected chi connectivity index (χ1v) is 8.08. The highest BCUT2D eigenvalue weighted by Crippen LogP contribution is 2.16. The minimum atomic E-state index is -3.69. The van der Waals surface area contributed by atoms with Crippen molar-refractivity contribution in [3.8, 4) is 0 Å². The summed E-state index contributed by atoms with van der Waals surface area (Å²) in [6.45, 7) is 1.96. The van der Waals surface area contributed by atoms with E-state index in [1.807, 2.05) is 19.1 Å². The second-order valence-corrected chi connectivity index (χ2v) is 6.82. The van der Waals surface area contributed by atoms with E-state index >= 15 is 0 Å². The molecule has 0 aromatic heterocycles. The molecule has 110 valence electrons. The molecule has 0 unspecified atom stereocenters. The molecular weight excluding hydrogens is 308 g/mol. The molecule has 2 aromatic carbocycles. The molecule has 0 saturated heterocycles. The third kappa shape index (κ3) is 3.62. The van der Waals surface area contributed by atoms with Gasteiger partial charge in [-0.2, -0.15) is 12.8 Å². The van der Waals surface area contributed by atoms with E-state index in [1.54, 1.807) is 30.3 Å². The monoisotopic (exact) mass is 322 g/mol. The molecule has 0 spiro atoms. The van der Waals surface area contributed by atoms with Crippen LogP contribution < -0.4 is 0 Å². The van der Waals surface area contributed by atoms with Crippen molar-refractivity contribution < 1.29 is 8.42 Å². The lowest BCUT2D eigenvalue weighted by Gasteiger charge is -2.14. The van der Waals surface area contributed by atoms with Crippen molar-refractivity contribution in [3.05, 3.63) is 65.7 Å². The lowest BCUT2D eigenvalue weighted by Crippen LogP contribution is -2.22. The zero-order chi connectivity index (χ0) is 15.5. The van der Waals surface area contributed by atoms with Gasteiger partial charge in [-0.05, 0) is 19.1 Å². The van der Waals surface area contributed by atoms with Crippen molar-refractivity contribution in [2.75, 3.05) is 7.05 Å². The van der Waals surface area contributed by atoms with Crippen LogP contribution in [0.4, 0.5) is 0 Å². The maximum Gasteiger partial charge on any atom is 0.278 e. The van der Waals surface area contributed by atoms with Crippen molar-refractivity contribution in [1.29, 1.82) is 0 Å². The molecule has 2 aromatic rings. The fourth-order valence-electron chi connectivity index (χ4n) is 1.67. The minimum absolute atomic E-state index is 0.122. The molecule has 4 nitrogen and oxygen atoms in total. The molecule has 0 atom stereocenters. The third-order valence-corrected chi connectivity index (χ3v) is 4.85. The Bertz CT molecular complexity index is 741. The maximum absolute atomic E-state index is 12.3. The van der Waals surface area contributed by atoms with Gasteiger partial charge in [0.2, 0.25) is 0 Å². The lowest BCUT2D eigenvalue weighted by atomic mass is 10.2. The summed E-state index contributed by atoms with van der Waals surface area (Å²) in [5.41, 5.74) is 1.76. The van der Waals surface area contributed by atoms with E-state index in [0.29, 0.717) is 5.56 Å². The summed E-state index contributed by atoms with van der Waals surface area (Å²) in [5.74, 6) is 0. The van der Waals surface area contributed by atoms with Gasteiger partial charge in [-0.3, -0.25) is 0 Å². The Morgan fingerprint density at radius 3 is 2.19 bits per heavy atom. The van der Waals surface area contributed by atoms with Crippen LogP contribution in [-0.2, 0) is 10.0 Å². The Labute approximate surface area is 129 Å². The van der Waals surface area contributed by atoms with E-state index in [-0.39, 0.29) is 10.1 Å². The number of aryl methyl sites for hydroxylation is 1. The van der Waals surface area contributed by atoms with Gasteiger partial charge in [0.15, 0.2) is 5.17 Å². The zero-order valence-electron chi connectivity index (χ0n) is 11.7. The van der Waals surface area contributed by atoms with Gasteiger partial charge in [-0.25, -0.2) is 0 Å². The smallest absolute Gasteiger partial charge is 0.200 e. The van der Waals surface area contributed by atoms with Crippen molar-refractivity contribution in [1.82, 2.24) is 4.41 Å². The highest BCUT2D eigenvalue weighted by atomic mass is 35.5. The average Bonchev–Trinajstić information content (AvgIpc) is 2.48. The fourth-order valence-corrected chi connectivity index (χ4v) is 2.95. The van der Waals surface area contributed by atoms with Gasteiger partial charge < -0.3 is 0 Å². The highest BCUT2D eigenvalue weighted by Gasteiger charge is 2.19. The number of hydrazone groups is 1. The molecule has 6 heteroatoms. The Hall–Kier alpha value is -1.85. The Morgan fingerprint density at radius 1 is 1.05 bits per heavy atom. The van der Waals surface area contributed by atoms with Gasteiger partial charge in [0.25, 0.3) is 10.0 Å². The first kappa shape index (κ1) is 15.5. The Kier molecular flexibility index (Phi) is 4.65. The Balaban J connectivity index is 2.30. The zero-order valence-corrected chi connectivity index (χ0v) is 13.3. The normalized spacial score (nSPS) is 12.2. The molecule has 0 bridgehead atoms. The van der Waals surface area contributed by atoms with Crippen LogP contribution in [0.5, 0.6) is 0 Å². The molecule has 2 rings (SSSR count). The average molecular weight is 323 g/mol. The van der Waals surface area contributed by atoms with Gasteiger partial charge >= 0.3 is 0 Å². The topological polar surface area (TPSA) is 49.7 Å². The third-order valence-electron chi connectivity index (χ3n) is 2.91. The molecule has 21 heavy (non-hydrogen) atoms. The predicted molar refractivity (Wildman–Crippen MR) is 85.0 cm³/mol. The largest absolute Gasteiger partial charge is 0.278 e. The van der Waals surface area contributed by atoms with Crippen LogP contribution >= 0.6 is 11.6 Å². The molecule has 0 heterocycles. The summed E-state index contributed by atoms with van der Waals surface area (Å²) >= 11 is 6.09. The van der Waals surface area contributed by atoms with E-state index in [9.17, 15) is 8.42 Å². The number of rotatable bonds is 4. The van der Waals surface area contributed by atoms with Gasteiger partial charge in [0, 0.05) is 12.6 Å². The van der Waals surface area contributed by atoms with Crippen molar-refractivity contribution in [3.63, 3.8) is 0 Å². The van der Waals surface area contributed by atoms with Crippen LogP contribution in [0.25, 0.3) is 0 Å². The first-order valence-electron chi connectivity index (χ1n) is 6.26. The molecule has 0 N–H and O–H groups in total. The van der Waals surface area contributed by atoms with Crippen LogP contribution in [0.15, 0.2) is 64.6 Å². The number of sulfonamides is 1. The van der Waals surface area contributed by atoms with Gasteiger partial charge in [-0.1, -0.05) is 59.6 Å². The van der Waals surface area contributed by atoms with Crippen molar-refractivity contribution >= 4 is 26.8 Å². The van der Waals surface area contributed by atoms with Gasteiger partial charge in [-0.15, -0.1) is 5.10 Å². The van der Waals surface area contributed by atoms with E-state index in [4.69, 9.17) is 11.6 Å². The number of halogens is 1. The number of nitrogens with zero attached hydrogens (tertiary/aromatic N) is 2. The summed E-state index contributed by atoms with van der Waals surface area (Å²) in [6, 6.07) is 15.5. The summed E-state index contributed by atoms with van der Waals surface area (Å²) in [4.78, 5) is 0.171. The summed E-state index contributed by atoms with van der Waals surface area (Å²) in [5, 5.41) is 4.07. The van der Waals surface area contributed by atoms with Crippen LogP contribution in [0.2, 0.25) is 0 Å². The molecule has 0 aliphatic rings. The summed E-state index contributed by atoms with van der Waals surface area (Å²) < 4.78 is 25.5. The molecule has 0 aliphatic carbocycles. The van der Waals surface area contributed by atoms with E-state index in [0.717, 1.165) is 9.98 Å². The van der Waals surface area contributed by atoms with E-state index in [2.05, 4.69) is 5.10 Å². The molecule has 0 radical (unpaired) electrons. The standard InChI is InChI=1S/C15H15ClN2O2S/c1-12-8-10-13(11-9-12)15(16)17-18(2)21(19,20)14-6-4-3-5-7-14/h3-11H,1-2H3/b17-15-. The second kappa shape index (κ2) is 6.28. The molecule has 0 amide bonds. The lowest BCUT2D eigenvalue weighted by molar-refractivity contribution is 0.490. The van der Waals surface area contributed by atoms with Crippen molar-refractivity contribution in [2.24, 2.45) is 5.10 Å². The SMILES string of the molecule is Cc1ccc(/C(Cl)=N/N(C)S(=O)(=O)c2ccccc2)cc1. The highest BCUT2D eigenvalue weighted by molar-refractivity contribution is 7.89. The van der Waals surface area contributed by atoms with Crippen LogP contribution in [0, 0.1) is 6.92 Å². The van der Waals surface area contributed by atoms with Gasteiger partial charge in [0.05, 0.1) is 4.90 Å². The van der Waals surface area contributed by atoms with Crippen LogP contribution in [-0.4, -0.2) is 25.1 Å². The van der Waals surface area contributed by atoms with Crippen molar-refractivity contribution in [2.45, 2.75) is 11.8 Å². The fraction of sp³-hybridized carbons (Fsp3) is 0.133. The first-order chi connectivity index (χ1) is 9.91. The van der Waals surface area contributed by atoms with Gasteiger partial charge in [0.1, 0.15) is 0 Å². The summed E-state index contributed by atoms with van der Waals surface area (Å²) in [6.07, 6.45) is 0. The molecule has 0 saturated carbocycles. The quantitative estimate of drug-likeness (QED) is 0.641. The molecule has 0 aliphatic heterocycles. The van der Waals surface area contributed by atoms with E-state index < -0.39 is 10.0 Å². The molecular formula is C15H15ClN2O2S. The maximum atomic E-state index is 12.3. The Morgan fingerprint density at radius 2 is 1.62 bits per heavy atom. The number of benzene rings is 2. The van der Waals surface area contributed by atoms with Crippen LogP contribution in [0.1, 0.15) is 11.1 Å². The van der Waals surface area contributed by atoms with Crippen LogP contribution in [0.3, 0.4) is 0 Å². The predicted octanol–water partition coefficient (Wildman–Crippen LogP) is 3.22. The number of hydrogen-bond donors (Lipinski definition) is 0.